The molecule has 2 heterocycles. The number of imidazole rings is 1. The number of anilines is 1. The van der Waals surface area contributed by atoms with Crippen LogP contribution >= 0.6 is 0 Å². The number of nitrogens with one attached hydrogen (secondary N) is 3. The lowest BCUT2D eigenvalue weighted by atomic mass is 10.2. The van der Waals surface area contributed by atoms with Crippen LogP contribution in [0.5, 0.6) is 0 Å². The van der Waals surface area contributed by atoms with Gasteiger partial charge in [-0.1, -0.05) is 19.1 Å². The maximum Gasteiger partial charge on any atom is 0.279 e. The first-order valence-electron chi connectivity index (χ1n) is 6.09. The van der Waals surface area contributed by atoms with Crippen molar-refractivity contribution in [2.24, 2.45) is 0 Å². The van der Waals surface area contributed by atoms with Crippen molar-refractivity contribution in [1.82, 2.24) is 20.2 Å². The van der Waals surface area contributed by atoms with Gasteiger partial charge in [-0.05, 0) is 6.07 Å². The molecule has 0 aliphatic carbocycles. The number of rotatable bonds is 4. The van der Waals surface area contributed by atoms with Gasteiger partial charge in [0.2, 0.25) is 0 Å². The van der Waals surface area contributed by atoms with Gasteiger partial charge in [0.05, 0.1) is 23.6 Å². The molecule has 0 spiro atoms. The van der Waals surface area contributed by atoms with E-state index in [9.17, 15) is 8.42 Å². The van der Waals surface area contributed by atoms with Crippen LogP contribution in [0.2, 0.25) is 0 Å². The number of aromatic nitrogens is 4. The molecular formula is C12H13N5O2S. The molecule has 2 aromatic heterocycles. The molecule has 0 aliphatic heterocycles. The molecule has 0 saturated heterocycles. The Labute approximate surface area is 115 Å². The van der Waals surface area contributed by atoms with Crippen LogP contribution in [0.15, 0.2) is 35.6 Å². The fourth-order valence-electron chi connectivity index (χ4n) is 1.91. The molecule has 0 amide bonds. The molecule has 8 heteroatoms. The second-order valence-corrected chi connectivity index (χ2v) is 5.94. The molecule has 3 aromatic rings. The normalized spacial score (nSPS) is 11.8. The summed E-state index contributed by atoms with van der Waals surface area (Å²) in [6.45, 7) is 1.90. The highest BCUT2D eigenvalue weighted by atomic mass is 32.2. The minimum Gasteiger partial charge on any atom is -0.332 e. The van der Waals surface area contributed by atoms with Crippen molar-refractivity contribution >= 4 is 26.6 Å². The smallest absolute Gasteiger partial charge is 0.279 e. The molecule has 1 aromatic carbocycles. The third kappa shape index (κ3) is 2.14. The van der Waals surface area contributed by atoms with Crippen LogP contribution < -0.4 is 4.72 Å². The maximum absolute atomic E-state index is 12.3. The van der Waals surface area contributed by atoms with Gasteiger partial charge in [0.1, 0.15) is 5.82 Å². The van der Waals surface area contributed by atoms with Gasteiger partial charge in [-0.15, -0.1) is 0 Å². The van der Waals surface area contributed by atoms with Crippen LogP contribution in [0.4, 0.5) is 5.69 Å². The second-order valence-electron chi connectivity index (χ2n) is 4.29. The highest BCUT2D eigenvalue weighted by molar-refractivity contribution is 7.92. The number of benzene rings is 1. The third-order valence-electron chi connectivity index (χ3n) is 2.95. The Morgan fingerprint density at radius 3 is 2.90 bits per heavy atom. The van der Waals surface area contributed by atoms with Crippen molar-refractivity contribution < 1.29 is 8.42 Å². The maximum atomic E-state index is 12.3. The van der Waals surface area contributed by atoms with E-state index in [4.69, 9.17) is 0 Å². The minimum atomic E-state index is -3.69. The first kappa shape index (κ1) is 12.7. The molecule has 104 valence electrons. The lowest BCUT2D eigenvalue weighted by Crippen LogP contribution is -2.13. The Morgan fingerprint density at radius 1 is 1.30 bits per heavy atom. The first-order valence-corrected chi connectivity index (χ1v) is 7.57. The Bertz CT molecular complexity index is 849. The van der Waals surface area contributed by atoms with E-state index in [0.717, 1.165) is 5.39 Å². The molecule has 0 atom stereocenters. The SMILES string of the molecule is CCc1ncc(S(=O)(=O)Nc2cccc3cn[nH]c23)[nH]1. The zero-order chi connectivity index (χ0) is 14.2. The van der Waals surface area contributed by atoms with Gasteiger partial charge in [0, 0.05) is 11.8 Å². The number of aryl methyl sites for hydroxylation is 1. The van der Waals surface area contributed by atoms with Crippen molar-refractivity contribution in [2.45, 2.75) is 18.4 Å². The average Bonchev–Trinajstić information content (AvgIpc) is 3.08. The van der Waals surface area contributed by atoms with E-state index in [-0.39, 0.29) is 5.03 Å². The summed E-state index contributed by atoms with van der Waals surface area (Å²) in [6.07, 6.45) is 3.60. The van der Waals surface area contributed by atoms with Crippen LogP contribution in [-0.2, 0) is 16.4 Å². The number of sulfonamides is 1. The van der Waals surface area contributed by atoms with Crippen molar-refractivity contribution in [3.63, 3.8) is 0 Å². The van der Waals surface area contributed by atoms with Gasteiger partial charge < -0.3 is 4.98 Å². The molecule has 0 radical (unpaired) electrons. The van der Waals surface area contributed by atoms with Gasteiger partial charge in [-0.3, -0.25) is 9.82 Å². The average molecular weight is 291 g/mol. The summed E-state index contributed by atoms with van der Waals surface area (Å²) in [7, 11) is -3.69. The summed E-state index contributed by atoms with van der Waals surface area (Å²) in [5.41, 5.74) is 1.10. The Balaban J connectivity index is 1.99. The molecule has 20 heavy (non-hydrogen) atoms. The van der Waals surface area contributed by atoms with Crippen LogP contribution in [0, 0.1) is 0 Å². The number of hydrogen-bond acceptors (Lipinski definition) is 4. The monoisotopic (exact) mass is 291 g/mol. The summed E-state index contributed by atoms with van der Waals surface area (Å²) in [5, 5.41) is 7.56. The van der Waals surface area contributed by atoms with E-state index in [1.54, 1.807) is 18.3 Å². The molecular weight excluding hydrogens is 278 g/mol. The van der Waals surface area contributed by atoms with Gasteiger partial charge in [0.15, 0.2) is 5.03 Å². The predicted octanol–water partition coefficient (Wildman–Crippen LogP) is 1.65. The molecule has 7 nitrogen and oxygen atoms in total. The Hall–Kier alpha value is -2.35. The number of hydrogen-bond donors (Lipinski definition) is 3. The zero-order valence-electron chi connectivity index (χ0n) is 10.7. The molecule has 3 N–H and O–H groups in total. The van der Waals surface area contributed by atoms with E-state index >= 15 is 0 Å². The van der Waals surface area contributed by atoms with Gasteiger partial charge in [-0.25, -0.2) is 4.98 Å². The van der Waals surface area contributed by atoms with Gasteiger partial charge >= 0.3 is 0 Å². The molecule has 0 aliphatic rings. The first-order chi connectivity index (χ1) is 9.60. The molecule has 0 saturated carbocycles. The topological polar surface area (TPSA) is 104 Å². The van der Waals surface area contributed by atoms with Crippen molar-refractivity contribution in [1.29, 1.82) is 0 Å². The lowest BCUT2D eigenvalue weighted by Gasteiger charge is -2.06. The predicted molar refractivity (Wildman–Crippen MR) is 74.9 cm³/mol. The van der Waals surface area contributed by atoms with E-state index in [0.29, 0.717) is 23.4 Å². The fraction of sp³-hybridized carbons (Fsp3) is 0.167. The quantitative estimate of drug-likeness (QED) is 0.680. The van der Waals surface area contributed by atoms with Crippen LogP contribution in [0.25, 0.3) is 10.9 Å². The molecule has 0 fully saturated rings. The lowest BCUT2D eigenvalue weighted by molar-refractivity contribution is 0.598. The minimum absolute atomic E-state index is 0.0471. The number of para-hydroxylation sites is 1. The molecule has 0 bridgehead atoms. The number of aromatic amines is 2. The van der Waals surface area contributed by atoms with E-state index in [1.807, 2.05) is 13.0 Å². The zero-order valence-corrected chi connectivity index (χ0v) is 11.5. The highest BCUT2D eigenvalue weighted by Crippen LogP contribution is 2.23. The van der Waals surface area contributed by atoms with E-state index in [2.05, 4.69) is 24.9 Å². The van der Waals surface area contributed by atoms with Crippen LogP contribution in [0.1, 0.15) is 12.7 Å². The second kappa shape index (κ2) is 4.64. The van der Waals surface area contributed by atoms with Gasteiger partial charge in [-0.2, -0.15) is 13.5 Å². The van der Waals surface area contributed by atoms with Crippen LogP contribution in [0.3, 0.4) is 0 Å². The Morgan fingerprint density at radius 2 is 2.15 bits per heavy atom. The summed E-state index contributed by atoms with van der Waals surface area (Å²) >= 11 is 0. The fourth-order valence-corrected chi connectivity index (χ4v) is 2.93. The van der Waals surface area contributed by atoms with Crippen LogP contribution in [-0.4, -0.2) is 28.6 Å². The summed E-state index contributed by atoms with van der Waals surface area (Å²) < 4.78 is 27.1. The number of fused-ring (bicyclic) bond motifs is 1. The number of H-pyrrole nitrogens is 2. The molecule has 0 unspecified atom stereocenters. The summed E-state index contributed by atoms with van der Waals surface area (Å²) in [6, 6.07) is 5.29. The standard InChI is InChI=1S/C12H13N5O2S/c1-2-10-13-7-11(15-10)20(18,19)17-9-5-3-4-8-6-14-16-12(8)9/h3-7,17H,2H2,1H3,(H,13,15)(H,14,16). The highest BCUT2D eigenvalue weighted by Gasteiger charge is 2.18. The number of nitrogens with zero attached hydrogens (tertiary/aromatic N) is 2. The molecule has 3 rings (SSSR count). The van der Waals surface area contributed by atoms with Gasteiger partial charge in [0.25, 0.3) is 10.0 Å². The Kier molecular flexibility index (Phi) is 2.94. The van der Waals surface area contributed by atoms with Crippen molar-refractivity contribution in [3.8, 4) is 0 Å². The van der Waals surface area contributed by atoms with Crippen molar-refractivity contribution in [2.75, 3.05) is 4.72 Å². The summed E-state index contributed by atoms with van der Waals surface area (Å²) in [5.74, 6) is 0.630. The van der Waals surface area contributed by atoms with E-state index < -0.39 is 10.0 Å². The third-order valence-corrected chi connectivity index (χ3v) is 4.23. The summed E-state index contributed by atoms with van der Waals surface area (Å²) in [4.78, 5) is 6.78. The van der Waals surface area contributed by atoms with E-state index in [1.165, 1.54) is 6.20 Å². The van der Waals surface area contributed by atoms with Crippen molar-refractivity contribution in [3.05, 3.63) is 36.4 Å². The largest absolute Gasteiger partial charge is 0.332 e.